The molecule has 0 saturated carbocycles. The Labute approximate surface area is 130 Å². The maximum Gasteiger partial charge on any atom is 0.329 e. The molecule has 0 unspecified atom stereocenters. The van der Waals surface area contributed by atoms with Crippen molar-refractivity contribution in [3.63, 3.8) is 0 Å². The number of nitrogens with zero attached hydrogens (tertiary/aromatic N) is 3. The van der Waals surface area contributed by atoms with Crippen LogP contribution < -0.4 is 11.2 Å². The van der Waals surface area contributed by atoms with E-state index < -0.39 is 11.2 Å². The predicted molar refractivity (Wildman–Crippen MR) is 88.6 cm³/mol. The Balaban J connectivity index is 1.92. The van der Waals surface area contributed by atoms with E-state index >= 15 is 0 Å². The lowest BCUT2D eigenvalue weighted by Gasteiger charge is -2.08. The molecule has 1 N–H and O–H groups in total. The van der Waals surface area contributed by atoms with Gasteiger partial charge in [-0.25, -0.2) is 9.78 Å². The minimum absolute atomic E-state index is 0.388. The van der Waals surface area contributed by atoms with Crippen molar-refractivity contribution in [3.05, 3.63) is 75.2 Å². The molecule has 0 aliphatic heterocycles. The van der Waals surface area contributed by atoms with Gasteiger partial charge in [0.25, 0.3) is 5.56 Å². The average Bonchev–Trinajstić information content (AvgIpc) is 2.97. The highest BCUT2D eigenvalue weighted by molar-refractivity contribution is 5.85. The van der Waals surface area contributed by atoms with Crippen molar-refractivity contribution in [2.45, 2.75) is 6.54 Å². The highest BCUT2D eigenvalue weighted by Gasteiger charge is 2.12. The summed E-state index contributed by atoms with van der Waals surface area (Å²) in [6.45, 7) is 0.513. The minimum Gasteiger partial charge on any atom is -0.320 e. The van der Waals surface area contributed by atoms with Gasteiger partial charge >= 0.3 is 5.69 Å². The van der Waals surface area contributed by atoms with Crippen molar-refractivity contribution in [2.24, 2.45) is 7.05 Å². The van der Waals surface area contributed by atoms with Gasteiger partial charge in [0.15, 0.2) is 11.2 Å². The molecule has 0 spiro atoms. The van der Waals surface area contributed by atoms with Crippen LogP contribution in [0.15, 0.2) is 58.4 Å². The third-order valence-corrected chi connectivity index (χ3v) is 4.10. The van der Waals surface area contributed by atoms with E-state index in [4.69, 9.17) is 0 Å². The number of imidazole rings is 1. The minimum atomic E-state index is -0.460. The van der Waals surface area contributed by atoms with Gasteiger partial charge in [0.2, 0.25) is 0 Å². The lowest BCUT2D eigenvalue weighted by Crippen LogP contribution is -2.29. The third-order valence-electron chi connectivity index (χ3n) is 4.10. The molecule has 0 amide bonds. The van der Waals surface area contributed by atoms with Crippen LogP contribution in [-0.4, -0.2) is 19.1 Å². The van der Waals surface area contributed by atoms with Crippen molar-refractivity contribution in [1.29, 1.82) is 0 Å². The number of fused-ring (bicyclic) bond motifs is 2. The second-order valence-electron chi connectivity index (χ2n) is 5.50. The molecule has 0 aliphatic rings. The molecule has 6 nitrogen and oxygen atoms in total. The predicted octanol–water partition coefficient (Wildman–Crippen LogP) is 1.62. The molecule has 4 aromatic rings. The van der Waals surface area contributed by atoms with Crippen molar-refractivity contribution < 1.29 is 0 Å². The molecular weight excluding hydrogens is 292 g/mol. The Hall–Kier alpha value is -3.15. The molecule has 0 atom stereocenters. The second-order valence-corrected chi connectivity index (χ2v) is 5.50. The van der Waals surface area contributed by atoms with Gasteiger partial charge in [0.05, 0.1) is 6.33 Å². The number of hydrogen-bond donors (Lipinski definition) is 1. The fourth-order valence-electron chi connectivity index (χ4n) is 2.92. The van der Waals surface area contributed by atoms with E-state index in [1.54, 1.807) is 17.9 Å². The van der Waals surface area contributed by atoms with Crippen LogP contribution in [-0.2, 0) is 13.6 Å². The molecule has 2 aromatic carbocycles. The van der Waals surface area contributed by atoms with Gasteiger partial charge in [-0.3, -0.25) is 14.3 Å². The molecule has 0 radical (unpaired) electrons. The molecule has 0 aliphatic carbocycles. The van der Waals surface area contributed by atoms with E-state index in [0.717, 1.165) is 16.3 Å². The van der Waals surface area contributed by atoms with Gasteiger partial charge in [-0.05, 0) is 16.3 Å². The van der Waals surface area contributed by atoms with Crippen LogP contribution in [0.2, 0.25) is 0 Å². The summed E-state index contributed by atoms with van der Waals surface area (Å²) in [5.74, 6) is 0. The Morgan fingerprint density at radius 2 is 1.87 bits per heavy atom. The first-order valence-electron chi connectivity index (χ1n) is 7.26. The summed E-state index contributed by atoms with van der Waals surface area (Å²) in [4.78, 5) is 30.4. The summed E-state index contributed by atoms with van der Waals surface area (Å²) in [5, 5.41) is 2.29. The van der Waals surface area contributed by atoms with Gasteiger partial charge in [-0.1, -0.05) is 42.5 Å². The summed E-state index contributed by atoms with van der Waals surface area (Å²) in [5.41, 5.74) is 1.01. The Morgan fingerprint density at radius 1 is 1.09 bits per heavy atom. The van der Waals surface area contributed by atoms with Gasteiger partial charge < -0.3 is 4.57 Å². The number of aromatic amines is 1. The standard InChI is InChI=1S/C17H14N4O2/c1-20-15-14(16(22)19-17(20)23)21(10-18-15)9-12-7-4-6-11-5-2-3-8-13(11)12/h2-8,10H,9H2,1H3,(H,19,22,23). The number of rotatable bonds is 2. The maximum atomic E-state index is 12.2. The Kier molecular flexibility index (Phi) is 2.90. The normalized spacial score (nSPS) is 11.3. The van der Waals surface area contributed by atoms with E-state index in [0.29, 0.717) is 17.7 Å². The van der Waals surface area contributed by atoms with E-state index in [1.807, 2.05) is 24.3 Å². The molecule has 114 valence electrons. The molecule has 23 heavy (non-hydrogen) atoms. The lowest BCUT2D eigenvalue weighted by atomic mass is 10.0. The van der Waals surface area contributed by atoms with Crippen molar-refractivity contribution in [3.8, 4) is 0 Å². The first kappa shape index (κ1) is 13.5. The number of H-pyrrole nitrogens is 1. The Morgan fingerprint density at radius 3 is 2.74 bits per heavy atom. The summed E-state index contributed by atoms with van der Waals surface area (Å²) in [6, 6.07) is 14.2. The average molecular weight is 306 g/mol. The number of nitrogens with one attached hydrogen (secondary N) is 1. The molecule has 2 aromatic heterocycles. The van der Waals surface area contributed by atoms with Crippen LogP contribution in [0, 0.1) is 0 Å². The zero-order valence-electron chi connectivity index (χ0n) is 12.5. The first-order valence-corrected chi connectivity index (χ1v) is 7.26. The van der Waals surface area contributed by atoms with Gasteiger partial charge in [-0.15, -0.1) is 0 Å². The topological polar surface area (TPSA) is 72.7 Å². The zero-order chi connectivity index (χ0) is 16.0. The lowest BCUT2D eigenvalue weighted by molar-refractivity contribution is 0.810. The number of aryl methyl sites for hydroxylation is 1. The first-order chi connectivity index (χ1) is 11.1. The van der Waals surface area contributed by atoms with E-state index in [2.05, 4.69) is 28.2 Å². The highest BCUT2D eigenvalue weighted by atomic mass is 16.2. The summed E-state index contributed by atoms with van der Waals surface area (Å²) < 4.78 is 3.12. The second kappa shape index (κ2) is 4.95. The van der Waals surface area contributed by atoms with Crippen molar-refractivity contribution in [2.75, 3.05) is 0 Å². The van der Waals surface area contributed by atoms with E-state index in [1.165, 1.54) is 4.57 Å². The number of benzene rings is 2. The van der Waals surface area contributed by atoms with Crippen molar-refractivity contribution in [1.82, 2.24) is 19.1 Å². The highest BCUT2D eigenvalue weighted by Crippen LogP contribution is 2.20. The van der Waals surface area contributed by atoms with Gasteiger partial charge in [0.1, 0.15) is 0 Å². The third kappa shape index (κ3) is 2.07. The van der Waals surface area contributed by atoms with Crippen LogP contribution in [0.25, 0.3) is 21.9 Å². The van der Waals surface area contributed by atoms with E-state index in [-0.39, 0.29) is 0 Å². The molecule has 2 heterocycles. The smallest absolute Gasteiger partial charge is 0.320 e. The van der Waals surface area contributed by atoms with Crippen LogP contribution in [0.1, 0.15) is 5.56 Å². The van der Waals surface area contributed by atoms with Gasteiger partial charge in [0, 0.05) is 13.6 Å². The van der Waals surface area contributed by atoms with Crippen molar-refractivity contribution >= 4 is 21.9 Å². The summed E-state index contributed by atoms with van der Waals surface area (Å²) >= 11 is 0. The van der Waals surface area contributed by atoms with Crippen LogP contribution in [0.3, 0.4) is 0 Å². The molecule has 6 heteroatoms. The largest absolute Gasteiger partial charge is 0.329 e. The quantitative estimate of drug-likeness (QED) is 0.612. The summed E-state index contributed by atoms with van der Waals surface area (Å²) in [6.07, 6.45) is 1.60. The molecular formula is C17H14N4O2. The van der Waals surface area contributed by atoms with Gasteiger partial charge in [-0.2, -0.15) is 0 Å². The summed E-state index contributed by atoms with van der Waals surface area (Å²) in [7, 11) is 1.59. The molecule has 0 fully saturated rings. The van der Waals surface area contributed by atoms with Crippen LogP contribution in [0.5, 0.6) is 0 Å². The SMILES string of the molecule is Cn1c(=O)[nH]c(=O)c2c1ncn2Cc1cccc2ccccc12. The monoisotopic (exact) mass is 306 g/mol. The van der Waals surface area contributed by atoms with Crippen LogP contribution >= 0.6 is 0 Å². The van der Waals surface area contributed by atoms with Crippen LogP contribution in [0.4, 0.5) is 0 Å². The number of aromatic nitrogens is 4. The maximum absolute atomic E-state index is 12.2. The molecule has 0 saturated heterocycles. The van der Waals surface area contributed by atoms with E-state index in [9.17, 15) is 9.59 Å². The fourth-order valence-corrected chi connectivity index (χ4v) is 2.92. The molecule has 4 rings (SSSR count). The zero-order valence-corrected chi connectivity index (χ0v) is 12.5. The molecule has 0 bridgehead atoms. The fraction of sp³-hybridized carbons (Fsp3) is 0.118. The Bertz CT molecular complexity index is 1150. The number of hydrogen-bond acceptors (Lipinski definition) is 3.